The lowest BCUT2D eigenvalue weighted by Gasteiger charge is -2.38. The number of ether oxygens (including phenoxy) is 2. The fourth-order valence-electron chi connectivity index (χ4n) is 5.87. The third kappa shape index (κ3) is 6.69. The highest BCUT2D eigenvalue weighted by molar-refractivity contribution is 5.77. The molecule has 0 bridgehead atoms. The Labute approximate surface area is 228 Å². The van der Waals surface area contributed by atoms with Gasteiger partial charge in [0.15, 0.2) is 0 Å². The van der Waals surface area contributed by atoms with Gasteiger partial charge in [0.25, 0.3) is 0 Å². The van der Waals surface area contributed by atoms with Gasteiger partial charge in [0.05, 0.1) is 19.8 Å². The highest BCUT2D eigenvalue weighted by Gasteiger charge is 2.39. The highest BCUT2D eigenvalue weighted by Crippen LogP contribution is 2.37. The van der Waals surface area contributed by atoms with Crippen LogP contribution in [0.1, 0.15) is 61.9 Å². The van der Waals surface area contributed by atoms with Gasteiger partial charge in [0.1, 0.15) is 29.6 Å². The summed E-state index contributed by atoms with van der Waals surface area (Å²) in [7, 11) is 0. The fraction of sp³-hybridized carbons (Fsp3) is 0.600. The Morgan fingerprint density at radius 3 is 2.92 bits per heavy atom. The molecule has 1 aromatic carbocycles. The molecule has 3 atom stereocenters. The number of aryl methyl sites for hydroxylation is 2. The van der Waals surface area contributed by atoms with Crippen molar-refractivity contribution in [2.75, 3.05) is 44.8 Å². The maximum absolute atomic E-state index is 15.2. The molecule has 2 fully saturated rings. The number of carboxylic acid groups (broad SMARTS) is 1. The highest BCUT2D eigenvalue weighted by atomic mass is 19.1. The SMILES string of the molecule is CC1(COc2ccc(F)cc2[C@H](C(=O)O)N2CC[C@@H]([C@H](F)CCCCc3ccc4c(n3)NCCC4)C2)COC1. The third-order valence-corrected chi connectivity index (χ3v) is 8.22. The molecule has 4 heterocycles. The monoisotopic (exact) mass is 543 g/mol. The van der Waals surface area contributed by atoms with Crippen LogP contribution in [0.4, 0.5) is 14.6 Å². The second-order valence-electron chi connectivity index (χ2n) is 11.7. The number of nitrogens with one attached hydrogen (secondary N) is 1. The Kier molecular flexibility index (Phi) is 8.67. The number of unbranched alkanes of at least 4 members (excludes halogenated alkanes) is 1. The average molecular weight is 544 g/mol. The predicted molar refractivity (Wildman–Crippen MR) is 144 cm³/mol. The van der Waals surface area contributed by atoms with Gasteiger partial charge in [-0.1, -0.05) is 19.4 Å². The zero-order chi connectivity index (χ0) is 27.4. The van der Waals surface area contributed by atoms with E-state index in [1.54, 1.807) is 4.90 Å². The number of rotatable bonds is 12. The van der Waals surface area contributed by atoms with Gasteiger partial charge in [0, 0.05) is 35.7 Å². The van der Waals surface area contributed by atoms with Gasteiger partial charge in [0.2, 0.25) is 0 Å². The minimum absolute atomic E-state index is 0.141. The molecule has 0 spiro atoms. The number of aliphatic carboxylic acids is 1. The zero-order valence-corrected chi connectivity index (χ0v) is 22.6. The van der Waals surface area contributed by atoms with Crippen LogP contribution in [0.25, 0.3) is 0 Å². The molecule has 212 valence electrons. The summed E-state index contributed by atoms with van der Waals surface area (Å²) in [5.74, 6) is -0.527. The second kappa shape index (κ2) is 12.2. The molecule has 7 nitrogen and oxygen atoms in total. The molecular formula is C30H39F2N3O4. The summed E-state index contributed by atoms with van der Waals surface area (Å²) in [6, 6.07) is 7.12. The van der Waals surface area contributed by atoms with Crippen LogP contribution in [-0.2, 0) is 22.4 Å². The Morgan fingerprint density at radius 2 is 2.15 bits per heavy atom. The number of likely N-dealkylation sites (tertiary alicyclic amines) is 1. The van der Waals surface area contributed by atoms with Crippen molar-refractivity contribution in [3.8, 4) is 5.75 Å². The Morgan fingerprint density at radius 1 is 1.31 bits per heavy atom. The first-order chi connectivity index (χ1) is 18.8. The largest absolute Gasteiger partial charge is 0.492 e. The number of halogens is 2. The van der Waals surface area contributed by atoms with Gasteiger partial charge in [-0.2, -0.15) is 0 Å². The van der Waals surface area contributed by atoms with Crippen LogP contribution in [0.15, 0.2) is 30.3 Å². The first kappa shape index (κ1) is 27.8. The topological polar surface area (TPSA) is 83.9 Å². The summed E-state index contributed by atoms with van der Waals surface area (Å²) in [6.45, 7) is 5.23. The van der Waals surface area contributed by atoms with Crippen molar-refractivity contribution >= 4 is 11.8 Å². The number of nitrogens with zero attached hydrogens (tertiary/aromatic N) is 2. The van der Waals surface area contributed by atoms with Crippen molar-refractivity contribution in [1.29, 1.82) is 0 Å². The summed E-state index contributed by atoms with van der Waals surface area (Å²) < 4.78 is 40.7. The normalized spacial score (nSPS) is 21.9. The zero-order valence-electron chi connectivity index (χ0n) is 22.6. The number of alkyl halides is 1. The standard InChI is InChI=1S/C30H39F2N3O4/c1-30(17-38-18-30)19-39-26-11-9-22(31)15-24(26)27(29(36)37)35-14-12-21(16-35)25(32)7-3-2-6-23-10-8-20-5-4-13-33-28(20)34-23/h8-11,15,21,25,27H,2-7,12-14,16-19H2,1H3,(H,33,34)(H,36,37)/t21-,25-,27-/m1/s1. The molecule has 2 aromatic rings. The average Bonchev–Trinajstić information content (AvgIpc) is 3.39. The molecule has 0 radical (unpaired) electrons. The minimum Gasteiger partial charge on any atom is -0.492 e. The molecule has 39 heavy (non-hydrogen) atoms. The number of benzene rings is 1. The van der Waals surface area contributed by atoms with Crippen molar-refractivity contribution in [2.45, 2.75) is 64.1 Å². The molecule has 3 aliphatic heterocycles. The lowest BCUT2D eigenvalue weighted by Crippen LogP contribution is -2.44. The minimum atomic E-state index is -1.10. The van der Waals surface area contributed by atoms with Crippen LogP contribution < -0.4 is 10.1 Å². The molecule has 0 aliphatic carbocycles. The molecule has 0 amide bonds. The van der Waals surface area contributed by atoms with Crippen molar-refractivity contribution in [3.05, 3.63) is 53.0 Å². The molecule has 0 unspecified atom stereocenters. The number of carboxylic acids is 1. The molecule has 3 aliphatic rings. The number of anilines is 1. The van der Waals surface area contributed by atoms with Crippen LogP contribution in [0, 0.1) is 17.2 Å². The predicted octanol–water partition coefficient (Wildman–Crippen LogP) is 5.19. The number of hydrogen-bond donors (Lipinski definition) is 2. The van der Waals surface area contributed by atoms with Crippen molar-refractivity contribution in [2.24, 2.45) is 11.3 Å². The quantitative estimate of drug-likeness (QED) is 0.357. The Balaban J connectivity index is 1.15. The van der Waals surface area contributed by atoms with Gasteiger partial charge in [-0.15, -0.1) is 0 Å². The molecule has 1 aromatic heterocycles. The van der Waals surface area contributed by atoms with E-state index in [-0.39, 0.29) is 16.9 Å². The van der Waals surface area contributed by atoms with Crippen LogP contribution in [0.5, 0.6) is 5.75 Å². The molecule has 0 saturated carbocycles. The maximum atomic E-state index is 15.2. The number of pyridine rings is 1. The summed E-state index contributed by atoms with van der Waals surface area (Å²) in [5, 5.41) is 13.5. The van der Waals surface area contributed by atoms with Crippen molar-refractivity contribution in [3.63, 3.8) is 0 Å². The van der Waals surface area contributed by atoms with Gasteiger partial charge in [-0.05, 0) is 74.9 Å². The lowest BCUT2D eigenvalue weighted by atomic mass is 9.90. The van der Waals surface area contributed by atoms with Crippen molar-refractivity contribution in [1.82, 2.24) is 9.88 Å². The number of aromatic nitrogens is 1. The van der Waals surface area contributed by atoms with Gasteiger partial charge in [-0.3, -0.25) is 9.69 Å². The van der Waals surface area contributed by atoms with E-state index in [9.17, 15) is 14.3 Å². The molecular weight excluding hydrogens is 504 g/mol. The van der Waals surface area contributed by atoms with E-state index in [0.717, 1.165) is 50.2 Å². The summed E-state index contributed by atoms with van der Waals surface area (Å²) in [4.78, 5) is 18.9. The summed E-state index contributed by atoms with van der Waals surface area (Å²) >= 11 is 0. The third-order valence-electron chi connectivity index (χ3n) is 8.22. The maximum Gasteiger partial charge on any atom is 0.325 e. The molecule has 5 rings (SSSR count). The van der Waals surface area contributed by atoms with E-state index < -0.39 is 24.0 Å². The van der Waals surface area contributed by atoms with E-state index in [2.05, 4.69) is 17.4 Å². The van der Waals surface area contributed by atoms with E-state index in [4.69, 9.17) is 14.5 Å². The summed E-state index contributed by atoms with van der Waals surface area (Å²) in [5.41, 5.74) is 2.42. The first-order valence-corrected chi connectivity index (χ1v) is 14.1. The lowest BCUT2D eigenvalue weighted by molar-refractivity contribution is -0.143. The number of fused-ring (bicyclic) bond motifs is 1. The van der Waals surface area contributed by atoms with Crippen LogP contribution in [0.2, 0.25) is 0 Å². The van der Waals surface area contributed by atoms with E-state index in [0.29, 0.717) is 51.5 Å². The van der Waals surface area contributed by atoms with E-state index in [1.807, 2.05) is 6.92 Å². The van der Waals surface area contributed by atoms with Crippen LogP contribution in [-0.4, -0.2) is 66.6 Å². The van der Waals surface area contributed by atoms with Crippen LogP contribution >= 0.6 is 0 Å². The Hall–Kier alpha value is -2.78. The molecule has 9 heteroatoms. The van der Waals surface area contributed by atoms with Gasteiger partial charge < -0.3 is 19.9 Å². The number of hydrogen-bond acceptors (Lipinski definition) is 6. The number of carbonyl (C=O) groups is 1. The molecule has 2 saturated heterocycles. The van der Waals surface area contributed by atoms with Crippen molar-refractivity contribution < 1.29 is 28.2 Å². The smallest absolute Gasteiger partial charge is 0.325 e. The molecule has 2 N–H and O–H groups in total. The van der Waals surface area contributed by atoms with E-state index >= 15 is 4.39 Å². The van der Waals surface area contributed by atoms with E-state index in [1.165, 1.54) is 23.8 Å². The van der Waals surface area contributed by atoms with Gasteiger partial charge in [-0.25, -0.2) is 13.8 Å². The second-order valence-corrected chi connectivity index (χ2v) is 11.7. The summed E-state index contributed by atoms with van der Waals surface area (Å²) in [6.07, 6.45) is 4.60. The van der Waals surface area contributed by atoms with Gasteiger partial charge >= 0.3 is 5.97 Å². The fourth-order valence-corrected chi connectivity index (χ4v) is 5.87. The first-order valence-electron chi connectivity index (χ1n) is 14.1. The van der Waals surface area contributed by atoms with Crippen LogP contribution in [0.3, 0.4) is 0 Å². The Bertz CT molecular complexity index is 1160.